The number of halogens is 1. The monoisotopic (exact) mass is 590 g/mol. The summed E-state index contributed by atoms with van der Waals surface area (Å²) in [4.78, 5) is 44.4. The van der Waals surface area contributed by atoms with E-state index >= 15 is 0 Å². The van der Waals surface area contributed by atoms with Crippen LogP contribution in [0.25, 0.3) is 0 Å². The molecule has 2 atom stereocenters. The fourth-order valence-electron chi connectivity index (χ4n) is 5.69. The maximum atomic E-state index is 14.5. The molecule has 0 aromatic heterocycles. The maximum Gasteiger partial charge on any atom is 0.322 e. The molecule has 0 radical (unpaired) electrons. The number of amides is 4. The Bertz CT molecular complexity index is 1730. The smallest absolute Gasteiger partial charge is 0.322 e. The minimum atomic E-state index is -0.975. The molecule has 2 N–H and O–H groups in total. The zero-order chi connectivity index (χ0) is 30.6. The molecule has 4 aromatic carbocycles. The average molecular weight is 591 g/mol. The van der Waals surface area contributed by atoms with Crippen molar-refractivity contribution in [2.75, 3.05) is 18.4 Å². The Morgan fingerprint density at radius 2 is 1.61 bits per heavy atom. The van der Waals surface area contributed by atoms with Crippen LogP contribution in [0.1, 0.15) is 24.1 Å². The van der Waals surface area contributed by atoms with Gasteiger partial charge in [-0.3, -0.25) is 14.5 Å². The Labute approximate surface area is 254 Å². The first kappa shape index (κ1) is 28.7. The van der Waals surface area contributed by atoms with Gasteiger partial charge in [-0.2, -0.15) is 0 Å². The second-order valence-corrected chi connectivity index (χ2v) is 10.6. The van der Waals surface area contributed by atoms with Gasteiger partial charge in [0.1, 0.15) is 23.4 Å². The summed E-state index contributed by atoms with van der Waals surface area (Å²) in [5.41, 5.74) is 2.46. The van der Waals surface area contributed by atoms with Crippen LogP contribution < -0.4 is 15.4 Å². The number of nitrogens with zero attached hydrogens (tertiary/aromatic N) is 2. The van der Waals surface area contributed by atoms with Crippen LogP contribution >= 0.6 is 0 Å². The van der Waals surface area contributed by atoms with Crippen molar-refractivity contribution in [2.24, 2.45) is 0 Å². The van der Waals surface area contributed by atoms with Crippen LogP contribution in [-0.4, -0.2) is 46.8 Å². The van der Waals surface area contributed by atoms with Gasteiger partial charge in [-0.05, 0) is 54.4 Å². The van der Waals surface area contributed by atoms with E-state index in [0.29, 0.717) is 34.9 Å². The minimum Gasteiger partial charge on any atom is -0.457 e. The molecule has 2 aliphatic rings. The summed E-state index contributed by atoms with van der Waals surface area (Å²) in [6.07, 6.45) is 0.200. The molecule has 0 bridgehead atoms. The molecule has 4 aromatic rings. The van der Waals surface area contributed by atoms with E-state index in [2.05, 4.69) is 10.6 Å². The topological polar surface area (TPSA) is 91.0 Å². The number of hydrogen-bond acceptors (Lipinski definition) is 4. The fraction of sp³-hybridized carbons (Fsp3) is 0.171. The normalized spacial score (nSPS) is 16.8. The predicted octanol–water partition coefficient (Wildman–Crippen LogP) is 6.05. The lowest BCUT2D eigenvalue weighted by Crippen LogP contribution is -2.47. The number of urea groups is 1. The van der Waals surface area contributed by atoms with Gasteiger partial charge in [0.25, 0.3) is 5.91 Å². The molecule has 0 fully saturated rings. The SMILES string of the molecule is CCN1C(=O)N[C@@H](c2cccc(Oc3ccccc3)c2)C2=C1CN([C@H](Cc1ccccc1)C(=O)Nc1ccccc1F)C2=O. The molecule has 0 spiro atoms. The molecule has 4 amide bonds. The van der Waals surface area contributed by atoms with Gasteiger partial charge in [0.05, 0.1) is 29.5 Å². The Balaban J connectivity index is 1.34. The van der Waals surface area contributed by atoms with Crippen LogP contribution in [-0.2, 0) is 16.0 Å². The summed E-state index contributed by atoms with van der Waals surface area (Å²) in [6, 6.07) is 29.7. The van der Waals surface area contributed by atoms with Gasteiger partial charge in [0.2, 0.25) is 5.91 Å². The van der Waals surface area contributed by atoms with Crippen molar-refractivity contribution < 1.29 is 23.5 Å². The van der Waals surface area contributed by atoms with Crippen molar-refractivity contribution in [3.8, 4) is 11.5 Å². The number of hydrogen-bond donors (Lipinski definition) is 2. The number of likely N-dealkylation sites (N-methyl/N-ethyl adjacent to an activating group) is 1. The molecule has 6 rings (SSSR count). The number of anilines is 1. The highest BCUT2D eigenvalue weighted by molar-refractivity contribution is 6.05. The van der Waals surface area contributed by atoms with Gasteiger partial charge in [0.15, 0.2) is 0 Å². The minimum absolute atomic E-state index is 0.0278. The summed E-state index contributed by atoms with van der Waals surface area (Å²) in [7, 11) is 0. The highest BCUT2D eigenvalue weighted by Crippen LogP contribution is 2.38. The third kappa shape index (κ3) is 5.76. The largest absolute Gasteiger partial charge is 0.457 e. The third-order valence-electron chi connectivity index (χ3n) is 7.82. The number of rotatable bonds is 9. The van der Waals surface area contributed by atoms with Gasteiger partial charge in [-0.1, -0.05) is 72.8 Å². The summed E-state index contributed by atoms with van der Waals surface area (Å²) >= 11 is 0. The first-order valence-corrected chi connectivity index (χ1v) is 14.5. The second kappa shape index (κ2) is 12.4. The number of ether oxygens (including phenoxy) is 1. The molecule has 222 valence electrons. The highest BCUT2D eigenvalue weighted by atomic mass is 19.1. The third-order valence-corrected chi connectivity index (χ3v) is 7.82. The Kier molecular flexibility index (Phi) is 8.10. The number of para-hydroxylation sites is 2. The second-order valence-electron chi connectivity index (χ2n) is 10.6. The predicted molar refractivity (Wildman–Crippen MR) is 164 cm³/mol. The molecular formula is C35H31FN4O4. The Hall–Kier alpha value is -5.44. The van der Waals surface area contributed by atoms with Gasteiger partial charge in [-0.25, -0.2) is 9.18 Å². The maximum absolute atomic E-state index is 14.5. The van der Waals surface area contributed by atoms with Crippen LogP contribution in [0.2, 0.25) is 0 Å². The van der Waals surface area contributed by atoms with Crippen molar-refractivity contribution in [1.82, 2.24) is 15.1 Å². The Morgan fingerprint density at radius 1 is 0.932 bits per heavy atom. The first-order chi connectivity index (χ1) is 21.4. The fourth-order valence-corrected chi connectivity index (χ4v) is 5.69. The molecule has 8 nitrogen and oxygen atoms in total. The number of benzene rings is 4. The number of nitrogens with one attached hydrogen (secondary N) is 2. The number of carbonyl (C=O) groups is 3. The van der Waals surface area contributed by atoms with Crippen LogP contribution in [0.5, 0.6) is 11.5 Å². The van der Waals surface area contributed by atoms with Crippen molar-refractivity contribution in [2.45, 2.75) is 25.4 Å². The van der Waals surface area contributed by atoms with Crippen LogP contribution in [0.4, 0.5) is 14.9 Å². The zero-order valence-corrected chi connectivity index (χ0v) is 24.1. The molecular weight excluding hydrogens is 559 g/mol. The lowest BCUT2D eigenvalue weighted by Gasteiger charge is -2.33. The van der Waals surface area contributed by atoms with Crippen molar-refractivity contribution in [3.05, 3.63) is 137 Å². The van der Waals surface area contributed by atoms with Crippen LogP contribution in [0, 0.1) is 5.82 Å². The van der Waals surface area contributed by atoms with Crippen molar-refractivity contribution >= 4 is 23.5 Å². The Morgan fingerprint density at radius 3 is 2.34 bits per heavy atom. The highest BCUT2D eigenvalue weighted by Gasteiger charge is 2.47. The zero-order valence-electron chi connectivity index (χ0n) is 24.1. The van der Waals surface area contributed by atoms with Gasteiger partial charge >= 0.3 is 6.03 Å². The lowest BCUT2D eigenvalue weighted by molar-refractivity contribution is -0.134. The summed E-state index contributed by atoms with van der Waals surface area (Å²) in [5.74, 6) is -0.264. The molecule has 44 heavy (non-hydrogen) atoms. The van der Waals surface area contributed by atoms with E-state index < -0.39 is 23.8 Å². The molecule has 0 saturated heterocycles. The summed E-state index contributed by atoms with van der Waals surface area (Å²) in [5, 5.41) is 5.67. The molecule has 9 heteroatoms. The summed E-state index contributed by atoms with van der Waals surface area (Å²) in [6.45, 7) is 2.22. The van der Waals surface area contributed by atoms with Crippen molar-refractivity contribution in [3.63, 3.8) is 0 Å². The van der Waals surface area contributed by atoms with E-state index in [0.717, 1.165) is 5.56 Å². The molecule has 0 unspecified atom stereocenters. The van der Waals surface area contributed by atoms with Gasteiger partial charge in [-0.15, -0.1) is 0 Å². The number of carbonyl (C=O) groups excluding carboxylic acids is 3. The summed E-state index contributed by atoms with van der Waals surface area (Å²) < 4.78 is 20.5. The van der Waals surface area contributed by atoms with E-state index in [9.17, 15) is 18.8 Å². The van der Waals surface area contributed by atoms with E-state index in [1.807, 2.05) is 79.7 Å². The molecule has 2 heterocycles. The molecule has 0 aliphatic carbocycles. The first-order valence-electron chi connectivity index (χ1n) is 14.5. The van der Waals surface area contributed by atoms with Crippen molar-refractivity contribution in [1.29, 1.82) is 0 Å². The van der Waals surface area contributed by atoms with E-state index in [1.54, 1.807) is 18.2 Å². The molecule has 2 aliphatic heterocycles. The van der Waals surface area contributed by atoms with E-state index in [4.69, 9.17) is 4.74 Å². The lowest BCUT2D eigenvalue weighted by atomic mass is 9.95. The standard InChI is InChI=1S/C35H31FN4O4/c1-2-39-30-22-40(29(20-23-12-5-3-6-13-23)33(41)37-28-19-10-9-18-27(28)36)34(42)31(30)32(38-35(39)43)24-14-11-17-26(21-24)44-25-15-7-4-8-16-25/h3-19,21,29,32H,2,20,22H2,1H3,(H,37,41)(H,38,43)/t29-,32+/m1/s1. The van der Waals surface area contributed by atoms with Gasteiger partial charge < -0.3 is 20.3 Å². The van der Waals surface area contributed by atoms with E-state index in [-0.39, 0.29) is 30.6 Å². The molecule has 0 saturated carbocycles. The van der Waals surface area contributed by atoms with E-state index in [1.165, 1.54) is 28.0 Å². The average Bonchev–Trinajstić information content (AvgIpc) is 3.38. The van der Waals surface area contributed by atoms with Gasteiger partial charge in [0, 0.05) is 13.0 Å². The quantitative estimate of drug-likeness (QED) is 0.248. The van der Waals surface area contributed by atoms with Crippen LogP contribution in [0.15, 0.2) is 120 Å². The van der Waals surface area contributed by atoms with Crippen LogP contribution in [0.3, 0.4) is 0 Å².